The summed E-state index contributed by atoms with van der Waals surface area (Å²) in [6.45, 7) is 9.34. The lowest BCUT2D eigenvalue weighted by molar-refractivity contribution is 0.471. The number of ether oxygens (including phenoxy) is 2. The third kappa shape index (κ3) is 4.57. The van der Waals surface area contributed by atoms with Gasteiger partial charge in [0, 0.05) is 10.8 Å². The number of nitrogens with zero attached hydrogens (tertiary/aromatic N) is 2. The fourth-order valence-electron chi connectivity index (χ4n) is 9.98. The minimum absolute atomic E-state index is 0.228. The monoisotopic (exact) mass is 748 g/mol. The van der Waals surface area contributed by atoms with Crippen molar-refractivity contribution in [3.05, 3.63) is 192 Å². The Kier molecular flexibility index (Phi) is 6.71. The summed E-state index contributed by atoms with van der Waals surface area (Å²) in [6, 6.07) is 61.6. The molecule has 0 aromatic heterocycles. The molecule has 4 heterocycles. The molecule has 0 amide bonds. The maximum atomic E-state index is 6.44. The maximum Gasteiger partial charge on any atom is 0.151 e. The van der Waals surface area contributed by atoms with Crippen LogP contribution in [0, 0.1) is 0 Å². The summed E-state index contributed by atoms with van der Waals surface area (Å²) in [6.07, 6.45) is 0. The lowest BCUT2D eigenvalue weighted by atomic mass is 9.72. The molecular formula is C54H40N2O2. The highest BCUT2D eigenvalue weighted by Gasteiger charge is 2.43. The van der Waals surface area contributed by atoms with E-state index in [-0.39, 0.29) is 10.8 Å². The lowest BCUT2D eigenvalue weighted by Gasteiger charge is -2.45. The van der Waals surface area contributed by atoms with Crippen molar-refractivity contribution >= 4 is 34.1 Å². The highest BCUT2D eigenvalue weighted by Crippen LogP contribution is 2.61. The van der Waals surface area contributed by atoms with E-state index in [0.717, 1.165) is 45.7 Å². The first kappa shape index (κ1) is 33.1. The highest BCUT2D eigenvalue weighted by molar-refractivity contribution is 5.96. The first-order valence-electron chi connectivity index (χ1n) is 20.2. The molecule has 0 fully saturated rings. The van der Waals surface area contributed by atoms with Gasteiger partial charge in [-0.1, -0.05) is 125 Å². The third-order valence-electron chi connectivity index (χ3n) is 13.0. The molecule has 0 radical (unpaired) electrons. The summed E-state index contributed by atoms with van der Waals surface area (Å²) in [5.41, 5.74) is 18.7. The molecule has 8 aromatic carbocycles. The van der Waals surface area contributed by atoms with Crippen LogP contribution in [0.25, 0.3) is 33.4 Å². The molecular weight excluding hydrogens is 709 g/mol. The fraction of sp³-hybridized carbons (Fsp3) is 0.111. The molecule has 0 spiro atoms. The SMILES string of the molecule is CC1(C)c2cc(-c3cccc(-c4cccc(-c5ccc6c(c5)C(C)(C)c5cccc7c5N6c5ccccc5O7)c4)c3)ccc2N2c3ccccc3Oc3cccc1c32. The predicted molar refractivity (Wildman–Crippen MR) is 237 cm³/mol. The molecule has 4 nitrogen and oxygen atoms in total. The van der Waals surface area contributed by atoms with E-state index in [2.05, 4.69) is 195 Å². The van der Waals surface area contributed by atoms with Gasteiger partial charge in [0.05, 0.1) is 34.1 Å². The van der Waals surface area contributed by atoms with E-state index in [4.69, 9.17) is 9.47 Å². The zero-order valence-corrected chi connectivity index (χ0v) is 32.9. The van der Waals surface area contributed by atoms with Gasteiger partial charge in [0.1, 0.15) is 0 Å². The molecule has 0 bridgehead atoms. The van der Waals surface area contributed by atoms with Crippen LogP contribution in [0.2, 0.25) is 0 Å². The zero-order valence-electron chi connectivity index (χ0n) is 32.9. The second-order valence-electron chi connectivity index (χ2n) is 17.0. The molecule has 58 heavy (non-hydrogen) atoms. The van der Waals surface area contributed by atoms with Crippen molar-refractivity contribution in [3.8, 4) is 56.4 Å². The molecule has 4 aliphatic rings. The van der Waals surface area contributed by atoms with Gasteiger partial charge in [0.15, 0.2) is 23.0 Å². The minimum atomic E-state index is -0.228. The molecule has 4 aliphatic heterocycles. The van der Waals surface area contributed by atoms with Crippen molar-refractivity contribution in [2.75, 3.05) is 9.80 Å². The number of anilines is 6. The molecule has 278 valence electrons. The van der Waals surface area contributed by atoms with Crippen molar-refractivity contribution in [1.29, 1.82) is 0 Å². The van der Waals surface area contributed by atoms with E-state index in [1.54, 1.807) is 0 Å². The van der Waals surface area contributed by atoms with Gasteiger partial charge in [0.2, 0.25) is 0 Å². The van der Waals surface area contributed by atoms with E-state index >= 15 is 0 Å². The van der Waals surface area contributed by atoms with Crippen LogP contribution in [0.5, 0.6) is 23.0 Å². The second-order valence-corrected chi connectivity index (χ2v) is 17.0. The van der Waals surface area contributed by atoms with Crippen molar-refractivity contribution in [3.63, 3.8) is 0 Å². The maximum absolute atomic E-state index is 6.44. The van der Waals surface area contributed by atoms with Gasteiger partial charge in [-0.2, -0.15) is 0 Å². The Balaban J connectivity index is 0.921. The van der Waals surface area contributed by atoms with Crippen LogP contribution in [-0.2, 0) is 10.8 Å². The van der Waals surface area contributed by atoms with E-state index < -0.39 is 0 Å². The summed E-state index contributed by atoms with van der Waals surface area (Å²) in [7, 11) is 0. The second kappa shape index (κ2) is 11.7. The van der Waals surface area contributed by atoms with Crippen LogP contribution < -0.4 is 19.3 Å². The Morgan fingerprint density at radius 1 is 0.310 bits per heavy atom. The van der Waals surface area contributed by atoms with Crippen LogP contribution in [-0.4, -0.2) is 0 Å². The van der Waals surface area contributed by atoms with Crippen LogP contribution >= 0.6 is 0 Å². The fourth-order valence-corrected chi connectivity index (χ4v) is 9.98. The quantitative estimate of drug-likeness (QED) is 0.180. The molecule has 0 saturated heterocycles. The number of fused-ring (bicyclic) bond motifs is 8. The number of hydrogen-bond donors (Lipinski definition) is 0. The lowest BCUT2D eigenvalue weighted by Crippen LogP contribution is -2.32. The predicted octanol–water partition coefficient (Wildman–Crippen LogP) is 15.1. The van der Waals surface area contributed by atoms with E-state index in [1.165, 1.54) is 67.0 Å². The average Bonchev–Trinajstić information content (AvgIpc) is 3.26. The van der Waals surface area contributed by atoms with Crippen molar-refractivity contribution in [2.24, 2.45) is 0 Å². The summed E-state index contributed by atoms with van der Waals surface area (Å²) < 4.78 is 12.9. The summed E-state index contributed by atoms with van der Waals surface area (Å²) >= 11 is 0. The molecule has 0 N–H and O–H groups in total. The summed E-state index contributed by atoms with van der Waals surface area (Å²) in [5, 5.41) is 0. The summed E-state index contributed by atoms with van der Waals surface area (Å²) in [4.78, 5) is 4.79. The molecule has 0 saturated carbocycles. The van der Waals surface area contributed by atoms with Gasteiger partial charge in [-0.15, -0.1) is 0 Å². The summed E-state index contributed by atoms with van der Waals surface area (Å²) in [5.74, 6) is 3.56. The molecule has 0 aliphatic carbocycles. The van der Waals surface area contributed by atoms with Gasteiger partial charge in [-0.3, -0.25) is 0 Å². The topological polar surface area (TPSA) is 24.9 Å². The first-order chi connectivity index (χ1) is 28.3. The third-order valence-corrected chi connectivity index (χ3v) is 13.0. The van der Waals surface area contributed by atoms with Crippen molar-refractivity contribution in [2.45, 2.75) is 38.5 Å². The van der Waals surface area contributed by atoms with Crippen molar-refractivity contribution < 1.29 is 9.47 Å². The molecule has 4 heteroatoms. The van der Waals surface area contributed by atoms with Crippen LogP contribution in [0.1, 0.15) is 49.9 Å². The van der Waals surface area contributed by atoms with Crippen LogP contribution in [0.4, 0.5) is 34.1 Å². The van der Waals surface area contributed by atoms with Gasteiger partial charge in [0.25, 0.3) is 0 Å². The van der Waals surface area contributed by atoms with E-state index in [9.17, 15) is 0 Å². The highest BCUT2D eigenvalue weighted by atomic mass is 16.5. The van der Waals surface area contributed by atoms with E-state index in [1.807, 2.05) is 12.1 Å². The Hall–Kier alpha value is -7.04. The van der Waals surface area contributed by atoms with Crippen LogP contribution in [0.15, 0.2) is 170 Å². The zero-order chi connectivity index (χ0) is 38.9. The largest absolute Gasteiger partial charge is 0.453 e. The van der Waals surface area contributed by atoms with E-state index in [0.29, 0.717) is 0 Å². The molecule has 8 aromatic rings. The Bertz CT molecular complexity index is 2840. The number of rotatable bonds is 3. The van der Waals surface area contributed by atoms with Crippen molar-refractivity contribution in [1.82, 2.24) is 0 Å². The van der Waals surface area contributed by atoms with Crippen LogP contribution in [0.3, 0.4) is 0 Å². The molecule has 0 atom stereocenters. The van der Waals surface area contributed by atoms with Gasteiger partial charge in [-0.05, 0) is 128 Å². The Labute approximate surface area is 339 Å². The Morgan fingerprint density at radius 3 is 1.10 bits per heavy atom. The standard InChI is InChI=1S/C54H40N2O2/c1-53(2)39-17-11-23-49-51(39)55(45-19-5-7-21-47(45)57-49)43-27-25-37(31-41(43)53)35-15-9-13-33(29-35)34-14-10-16-36(30-34)38-26-28-44-42(32-38)54(3,4)40-18-12-24-50-52(40)56(44)46-20-6-8-22-48(46)58-50/h5-32H,1-4H3. The van der Waals surface area contributed by atoms with Gasteiger partial charge >= 0.3 is 0 Å². The normalized spacial score (nSPS) is 15.4. The minimum Gasteiger partial charge on any atom is -0.453 e. The number of benzene rings is 8. The molecule has 0 unspecified atom stereocenters. The molecule has 12 rings (SSSR count). The number of hydrogen-bond acceptors (Lipinski definition) is 4. The first-order valence-corrected chi connectivity index (χ1v) is 20.2. The van der Waals surface area contributed by atoms with Gasteiger partial charge < -0.3 is 19.3 Å². The number of para-hydroxylation sites is 6. The smallest absolute Gasteiger partial charge is 0.151 e. The van der Waals surface area contributed by atoms with Gasteiger partial charge in [-0.25, -0.2) is 0 Å². The Morgan fingerprint density at radius 2 is 0.672 bits per heavy atom. The average molecular weight is 749 g/mol.